The summed E-state index contributed by atoms with van der Waals surface area (Å²) in [6.45, 7) is 7.93. The normalized spacial score (nSPS) is 18.2. The van der Waals surface area contributed by atoms with Crippen molar-refractivity contribution in [3.63, 3.8) is 0 Å². The molecule has 1 aromatic rings. The van der Waals surface area contributed by atoms with E-state index in [1.165, 1.54) is 25.7 Å². The van der Waals surface area contributed by atoms with Crippen molar-refractivity contribution >= 4 is 5.82 Å². The zero-order chi connectivity index (χ0) is 15.1. The lowest BCUT2D eigenvalue weighted by atomic mass is 9.93. The molecule has 0 aromatic carbocycles. The van der Waals surface area contributed by atoms with Crippen LogP contribution in [0, 0.1) is 6.92 Å². The van der Waals surface area contributed by atoms with Crippen LogP contribution in [-0.4, -0.2) is 23.1 Å². The molecule has 0 bridgehead atoms. The maximum Gasteiger partial charge on any atom is 0.162 e. The highest BCUT2D eigenvalue weighted by Crippen LogP contribution is 2.38. The molecule has 21 heavy (non-hydrogen) atoms. The molecule has 1 fully saturated rings. The Balaban J connectivity index is 2.31. The summed E-state index contributed by atoms with van der Waals surface area (Å²) in [5.74, 6) is 1.81. The summed E-state index contributed by atoms with van der Waals surface area (Å²) in [6, 6.07) is 2.02. The second kappa shape index (κ2) is 7.74. The number of ether oxygens (including phenoxy) is 1. The van der Waals surface area contributed by atoms with Gasteiger partial charge in [0, 0.05) is 24.9 Å². The van der Waals surface area contributed by atoms with Gasteiger partial charge >= 0.3 is 0 Å². The van der Waals surface area contributed by atoms with E-state index in [2.05, 4.69) is 19.2 Å². The SMILES string of the molecule is CCCNc1cc(C)nc(C2(OCC)CCCCCC2)n1. The molecule has 1 saturated carbocycles. The van der Waals surface area contributed by atoms with E-state index in [4.69, 9.17) is 14.7 Å². The zero-order valence-corrected chi connectivity index (χ0v) is 13.7. The van der Waals surface area contributed by atoms with Crippen LogP contribution >= 0.6 is 0 Å². The van der Waals surface area contributed by atoms with Gasteiger partial charge in [-0.15, -0.1) is 0 Å². The number of nitrogens with one attached hydrogen (secondary N) is 1. The van der Waals surface area contributed by atoms with Crippen LogP contribution in [0.2, 0.25) is 0 Å². The first-order valence-electron chi connectivity index (χ1n) is 8.44. The third-order valence-electron chi connectivity index (χ3n) is 4.15. The van der Waals surface area contributed by atoms with Crippen LogP contribution in [0.4, 0.5) is 5.82 Å². The number of rotatable bonds is 6. The van der Waals surface area contributed by atoms with Crippen LogP contribution < -0.4 is 5.32 Å². The van der Waals surface area contributed by atoms with Crippen molar-refractivity contribution in [2.45, 2.75) is 71.3 Å². The van der Waals surface area contributed by atoms with Gasteiger partial charge in [-0.2, -0.15) is 0 Å². The summed E-state index contributed by atoms with van der Waals surface area (Å²) < 4.78 is 6.20. The van der Waals surface area contributed by atoms with Crippen molar-refractivity contribution in [2.75, 3.05) is 18.5 Å². The van der Waals surface area contributed by atoms with Gasteiger partial charge in [-0.25, -0.2) is 9.97 Å². The summed E-state index contributed by atoms with van der Waals surface area (Å²) in [5.41, 5.74) is 0.738. The molecule has 0 saturated heterocycles. The van der Waals surface area contributed by atoms with E-state index in [0.717, 1.165) is 49.8 Å². The number of aryl methyl sites for hydroxylation is 1. The first kappa shape index (κ1) is 16.2. The van der Waals surface area contributed by atoms with Crippen molar-refractivity contribution in [3.05, 3.63) is 17.6 Å². The minimum absolute atomic E-state index is 0.278. The highest BCUT2D eigenvalue weighted by atomic mass is 16.5. The lowest BCUT2D eigenvalue weighted by molar-refractivity contribution is -0.0624. The van der Waals surface area contributed by atoms with Crippen LogP contribution in [0.15, 0.2) is 6.07 Å². The average molecular weight is 291 g/mol. The fourth-order valence-electron chi connectivity index (χ4n) is 3.12. The standard InChI is InChI=1S/C17H29N3O/c1-4-12-18-15-13-14(3)19-16(20-15)17(21-5-2)10-8-6-7-9-11-17/h13H,4-12H2,1-3H3,(H,18,19,20). The van der Waals surface area contributed by atoms with Crippen molar-refractivity contribution < 1.29 is 4.74 Å². The number of aromatic nitrogens is 2. The van der Waals surface area contributed by atoms with E-state index in [9.17, 15) is 0 Å². The van der Waals surface area contributed by atoms with E-state index in [1.807, 2.05) is 13.0 Å². The quantitative estimate of drug-likeness (QED) is 0.798. The van der Waals surface area contributed by atoms with Gasteiger partial charge in [0.15, 0.2) is 5.82 Å². The predicted molar refractivity (Wildman–Crippen MR) is 86.6 cm³/mol. The van der Waals surface area contributed by atoms with Gasteiger partial charge in [0.2, 0.25) is 0 Å². The Bertz CT molecular complexity index is 440. The Labute approximate surface area is 128 Å². The molecule has 0 amide bonds. The van der Waals surface area contributed by atoms with E-state index in [-0.39, 0.29) is 5.60 Å². The summed E-state index contributed by atoms with van der Waals surface area (Å²) >= 11 is 0. The lowest BCUT2D eigenvalue weighted by Crippen LogP contribution is -2.32. The van der Waals surface area contributed by atoms with Gasteiger partial charge in [-0.05, 0) is 33.1 Å². The van der Waals surface area contributed by atoms with Crippen LogP contribution in [0.25, 0.3) is 0 Å². The Morgan fingerprint density at radius 3 is 2.48 bits per heavy atom. The Kier molecular flexibility index (Phi) is 5.97. The van der Waals surface area contributed by atoms with Crippen molar-refractivity contribution in [2.24, 2.45) is 0 Å². The highest BCUT2D eigenvalue weighted by Gasteiger charge is 2.36. The second-order valence-corrected chi connectivity index (χ2v) is 5.99. The summed E-state index contributed by atoms with van der Waals surface area (Å²) in [5, 5.41) is 3.38. The minimum Gasteiger partial charge on any atom is -0.370 e. The van der Waals surface area contributed by atoms with Gasteiger partial charge in [-0.3, -0.25) is 0 Å². The van der Waals surface area contributed by atoms with Crippen LogP contribution in [0.5, 0.6) is 0 Å². The Hall–Kier alpha value is -1.16. The molecule has 1 aromatic heterocycles. The molecule has 1 aliphatic carbocycles. The number of anilines is 1. The molecule has 0 radical (unpaired) electrons. The van der Waals surface area contributed by atoms with Gasteiger partial charge in [-0.1, -0.05) is 32.6 Å². The third kappa shape index (κ3) is 4.16. The summed E-state index contributed by atoms with van der Waals surface area (Å²) in [6.07, 6.45) is 8.16. The van der Waals surface area contributed by atoms with Crippen molar-refractivity contribution in [3.8, 4) is 0 Å². The molecule has 118 valence electrons. The van der Waals surface area contributed by atoms with Crippen LogP contribution in [-0.2, 0) is 10.3 Å². The van der Waals surface area contributed by atoms with Gasteiger partial charge in [0.25, 0.3) is 0 Å². The van der Waals surface area contributed by atoms with Gasteiger partial charge in [0.05, 0.1) is 0 Å². The molecular weight excluding hydrogens is 262 g/mol. The topological polar surface area (TPSA) is 47.0 Å². The molecule has 2 rings (SSSR count). The first-order chi connectivity index (χ1) is 10.2. The summed E-state index contributed by atoms with van der Waals surface area (Å²) in [7, 11) is 0. The predicted octanol–water partition coefficient (Wildman–Crippen LogP) is 4.19. The minimum atomic E-state index is -0.278. The van der Waals surface area contributed by atoms with E-state index >= 15 is 0 Å². The molecule has 1 aliphatic rings. The number of nitrogens with zero attached hydrogens (tertiary/aromatic N) is 2. The first-order valence-corrected chi connectivity index (χ1v) is 8.44. The van der Waals surface area contributed by atoms with E-state index in [0.29, 0.717) is 0 Å². The average Bonchev–Trinajstić information content (AvgIpc) is 2.71. The molecule has 0 unspecified atom stereocenters. The molecule has 4 nitrogen and oxygen atoms in total. The largest absolute Gasteiger partial charge is 0.370 e. The van der Waals surface area contributed by atoms with Crippen LogP contribution in [0.1, 0.15) is 70.3 Å². The van der Waals surface area contributed by atoms with Crippen molar-refractivity contribution in [1.82, 2.24) is 9.97 Å². The molecule has 0 atom stereocenters. The molecule has 0 aliphatic heterocycles. The fourth-order valence-corrected chi connectivity index (χ4v) is 3.12. The Morgan fingerprint density at radius 2 is 1.86 bits per heavy atom. The van der Waals surface area contributed by atoms with Crippen molar-refractivity contribution in [1.29, 1.82) is 0 Å². The molecule has 0 spiro atoms. The Morgan fingerprint density at radius 1 is 1.14 bits per heavy atom. The lowest BCUT2D eigenvalue weighted by Gasteiger charge is -2.31. The maximum absolute atomic E-state index is 6.20. The number of hydrogen-bond donors (Lipinski definition) is 1. The molecule has 4 heteroatoms. The monoisotopic (exact) mass is 291 g/mol. The van der Waals surface area contributed by atoms with Gasteiger partial charge < -0.3 is 10.1 Å². The zero-order valence-electron chi connectivity index (χ0n) is 13.7. The number of hydrogen-bond acceptors (Lipinski definition) is 4. The van der Waals surface area contributed by atoms with Gasteiger partial charge in [0.1, 0.15) is 11.4 Å². The maximum atomic E-state index is 6.20. The molecular formula is C17H29N3O. The smallest absolute Gasteiger partial charge is 0.162 e. The van der Waals surface area contributed by atoms with E-state index < -0.39 is 0 Å². The highest BCUT2D eigenvalue weighted by molar-refractivity contribution is 5.36. The summed E-state index contributed by atoms with van der Waals surface area (Å²) in [4.78, 5) is 9.50. The van der Waals surface area contributed by atoms with Crippen LogP contribution in [0.3, 0.4) is 0 Å². The second-order valence-electron chi connectivity index (χ2n) is 5.99. The third-order valence-corrected chi connectivity index (χ3v) is 4.15. The fraction of sp³-hybridized carbons (Fsp3) is 0.765. The van der Waals surface area contributed by atoms with E-state index in [1.54, 1.807) is 0 Å². The molecule has 1 heterocycles. The molecule has 1 N–H and O–H groups in total.